The number of rotatable bonds is 3. The van der Waals surface area contributed by atoms with Gasteiger partial charge in [0.15, 0.2) is 0 Å². The van der Waals surface area contributed by atoms with Crippen LogP contribution in [0.3, 0.4) is 0 Å². The summed E-state index contributed by atoms with van der Waals surface area (Å²) in [5, 5.41) is 9.67. The van der Waals surface area contributed by atoms with Crippen LogP contribution in [-0.2, 0) is 4.79 Å². The minimum atomic E-state index is -0.844. The van der Waals surface area contributed by atoms with Gasteiger partial charge in [-0.3, -0.25) is 14.6 Å². The molecule has 9 heteroatoms. The van der Waals surface area contributed by atoms with Crippen molar-refractivity contribution in [3.63, 3.8) is 0 Å². The minimum absolute atomic E-state index is 0. The molecule has 1 N–H and O–H groups in total. The molecule has 1 aliphatic heterocycles. The van der Waals surface area contributed by atoms with Gasteiger partial charge in [0, 0.05) is 19.3 Å². The largest absolute Gasteiger partial charge is 0.481 e. The summed E-state index contributed by atoms with van der Waals surface area (Å²) >= 11 is 1.28. The summed E-state index contributed by atoms with van der Waals surface area (Å²) in [5.41, 5.74) is 0.728. The summed E-state index contributed by atoms with van der Waals surface area (Å²) in [4.78, 5) is 33.8. The van der Waals surface area contributed by atoms with E-state index in [0.29, 0.717) is 22.9 Å². The van der Waals surface area contributed by atoms with E-state index in [1.165, 1.54) is 17.5 Å². The van der Waals surface area contributed by atoms with Crippen molar-refractivity contribution in [1.29, 1.82) is 0 Å². The van der Waals surface area contributed by atoms with Crippen LogP contribution in [0.15, 0.2) is 30.6 Å². The molecular formula is C14H15Cl2N3O3S. The van der Waals surface area contributed by atoms with Crippen molar-refractivity contribution < 1.29 is 14.7 Å². The highest BCUT2D eigenvalue weighted by Gasteiger charge is 2.32. The Hall–Kier alpha value is -1.70. The second kappa shape index (κ2) is 8.24. The number of nitrogens with zero attached hydrogens (tertiary/aromatic N) is 3. The molecule has 2 aromatic heterocycles. The van der Waals surface area contributed by atoms with Crippen molar-refractivity contribution in [2.24, 2.45) is 5.92 Å². The van der Waals surface area contributed by atoms with Gasteiger partial charge in [0.1, 0.15) is 9.88 Å². The Bertz CT molecular complexity index is 681. The van der Waals surface area contributed by atoms with Gasteiger partial charge in [-0.05, 0) is 18.6 Å². The van der Waals surface area contributed by atoms with Crippen LogP contribution in [0.1, 0.15) is 16.1 Å². The fourth-order valence-electron chi connectivity index (χ4n) is 2.28. The monoisotopic (exact) mass is 375 g/mol. The lowest BCUT2D eigenvalue weighted by molar-refractivity contribution is -0.141. The number of amides is 1. The minimum Gasteiger partial charge on any atom is -0.481 e. The zero-order chi connectivity index (χ0) is 14.8. The maximum absolute atomic E-state index is 12.3. The van der Waals surface area contributed by atoms with Crippen LogP contribution in [0.2, 0.25) is 0 Å². The molecule has 23 heavy (non-hydrogen) atoms. The number of hydrogen-bond donors (Lipinski definition) is 1. The normalized spacial score (nSPS) is 16.3. The molecule has 1 atom stereocenters. The molecule has 0 aromatic carbocycles. The van der Waals surface area contributed by atoms with Gasteiger partial charge in [-0.2, -0.15) is 0 Å². The second-order valence-corrected chi connectivity index (χ2v) is 5.85. The number of carbonyl (C=O) groups is 2. The Labute approximate surface area is 149 Å². The molecular weight excluding hydrogens is 361 g/mol. The Morgan fingerprint density at radius 1 is 1.26 bits per heavy atom. The van der Waals surface area contributed by atoms with Crippen LogP contribution in [0.25, 0.3) is 10.7 Å². The average Bonchev–Trinajstić information content (AvgIpc) is 3.17. The molecule has 1 unspecified atom stereocenters. The number of carboxylic acids is 1. The first-order chi connectivity index (χ1) is 10.1. The highest BCUT2D eigenvalue weighted by Crippen LogP contribution is 2.26. The van der Waals surface area contributed by atoms with E-state index >= 15 is 0 Å². The van der Waals surface area contributed by atoms with E-state index < -0.39 is 11.9 Å². The Kier molecular flexibility index (Phi) is 6.93. The van der Waals surface area contributed by atoms with Crippen LogP contribution in [-0.4, -0.2) is 44.9 Å². The number of thiazole rings is 1. The number of carboxylic acid groups (broad SMARTS) is 1. The van der Waals surface area contributed by atoms with E-state index in [1.807, 2.05) is 18.2 Å². The van der Waals surface area contributed by atoms with E-state index in [4.69, 9.17) is 5.11 Å². The molecule has 0 radical (unpaired) electrons. The number of pyridine rings is 1. The maximum atomic E-state index is 12.3. The van der Waals surface area contributed by atoms with Gasteiger partial charge >= 0.3 is 5.97 Å². The first-order valence-electron chi connectivity index (χ1n) is 6.54. The first-order valence-corrected chi connectivity index (χ1v) is 7.36. The smallest absolute Gasteiger partial charge is 0.308 e. The molecule has 1 fully saturated rings. The number of aromatic nitrogens is 2. The number of carbonyl (C=O) groups excluding carboxylic acids is 1. The van der Waals surface area contributed by atoms with E-state index in [-0.39, 0.29) is 37.3 Å². The summed E-state index contributed by atoms with van der Waals surface area (Å²) in [7, 11) is 0. The molecule has 124 valence electrons. The number of halogens is 2. The van der Waals surface area contributed by atoms with Crippen LogP contribution in [0, 0.1) is 5.92 Å². The van der Waals surface area contributed by atoms with E-state index in [0.717, 1.165) is 5.69 Å². The summed E-state index contributed by atoms with van der Waals surface area (Å²) in [6, 6.07) is 5.52. The first kappa shape index (κ1) is 19.3. The van der Waals surface area contributed by atoms with Gasteiger partial charge < -0.3 is 10.0 Å². The summed E-state index contributed by atoms with van der Waals surface area (Å²) in [6.07, 6.45) is 3.72. The van der Waals surface area contributed by atoms with Crippen molar-refractivity contribution >= 4 is 48.0 Å². The van der Waals surface area contributed by atoms with Crippen molar-refractivity contribution in [1.82, 2.24) is 14.9 Å². The van der Waals surface area contributed by atoms with Gasteiger partial charge in [0.05, 0.1) is 17.8 Å². The summed E-state index contributed by atoms with van der Waals surface area (Å²) < 4.78 is 0. The Morgan fingerprint density at radius 2 is 2.04 bits per heavy atom. The van der Waals surface area contributed by atoms with Gasteiger partial charge in [0.25, 0.3) is 5.91 Å². The molecule has 3 rings (SSSR count). The predicted octanol–water partition coefficient (Wildman–Crippen LogP) is 2.60. The lowest BCUT2D eigenvalue weighted by atomic mass is 10.1. The Morgan fingerprint density at radius 3 is 2.65 bits per heavy atom. The molecule has 0 spiro atoms. The quantitative estimate of drug-likeness (QED) is 0.890. The molecule has 0 aliphatic carbocycles. The van der Waals surface area contributed by atoms with E-state index in [1.54, 1.807) is 11.1 Å². The van der Waals surface area contributed by atoms with Gasteiger partial charge in [0.2, 0.25) is 0 Å². The SMILES string of the molecule is Cl.Cl.O=C(O)C1CCN(C(=O)c2cnc(-c3ccccn3)s2)C1. The lowest BCUT2D eigenvalue weighted by Gasteiger charge is -2.13. The molecule has 1 saturated heterocycles. The van der Waals surface area contributed by atoms with Crippen LogP contribution < -0.4 is 0 Å². The number of aliphatic carboxylic acids is 1. The fraction of sp³-hybridized carbons (Fsp3) is 0.286. The number of likely N-dealkylation sites (tertiary alicyclic amines) is 1. The van der Waals surface area contributed by atoms with Gasteiger partial charge in [-0.25, -0.2) is 4.98 Å². The molecule has 2 aromatic rings. The van der Waals surface area contributed by atoms with E-state index in [9.17, 15) is 9.59 Å². The highest BCUT2D eigenvalue weighted by atomic mass is 35.5. The molecule has 6 nitrogen and oxygen atoms in total. The predicted molar refractivity (Wildman–Crippen MR) is 91.5 cm³/mol. The third-order valence-corrected chi connectivity index (χ3v) is 4.43. The van der Waals surface area contributed by atoms with Crippen molar-refractivity contribution in [2.75, 3.05) is 13.1 Å². The zero-order valence-corrected chi connectivity index (χ0v) is 14.4. The third-order valence-electron chi connectivity index (χ3n) is 3.43. The molecule has 0 saturated carbocycles. The Balaban J connectivity index is 0.00000132. The average molecular weight is 376 g/mol. The standard InChI is InChI=1S/C14H13N3O3S.2ClH/c18-13(17-6-4-9(8-17)14(19)20)11-7-16-12(21-11)10-3-1-2-5-15-10;;/h1-3,5,7,9H,4,6,8H2,(H,19,20);2*1H. The van der Waals surface area contributed by atoms with Crippen molar-refractivity contribution in [3.8, 4) is 10.7 Å². The number of hydrogen-bond acceptors (Lipinski definition) is 5. The molecule has 3 heterocycles. The van der Waals surface area contributed by atoms with Gasteiger partial charge in [-0.1, -0.05) is 6.07 Å². The van der Waals surface area contributed by atoms with E-state index in [2.05, 4.69) is 9.97 Å². The van der Waals surface area contributed by atoms with Crippen LogP contribution in [0.4, 0.5) is 0 Å². The zero-order valence-electron chi connectivity index (χ0n) is 11.9. The van der Waals surface area contributed by atoms with Crippen LogP contribution >= 0.6 is 36.2 Å². The fourth-order valence-corrected chi connectivity index (χ4v) is 3.14. The highest BCUT2D eigenvalue weighted by molar-refractivity contribution is 7.16. The summed E-state index contributed by atoms with van der Waals surface area (Å²) in [5.74, 6) is -1.46. The lowest BCUT2D eigenvalue weighted by Crippen LogP contribution is -2.29. The topological polar surface area (TPSA) is 83.4 Å². The van der Waals surface area contributed by atoms with Gasteiger partial charge in [-0.15, -0.1) is 36.2 Å². The van der Waals surface area contributed by atoms with Crippen molar-refractivity contribution in [3.05, 3.63) is 35.5 Å². The van der Waals surface area contributed by atoms with Crippen LogP contribution in [0.5, 0.6) is 0 Å². The second-order valence-electron chi connectivity index (χ2n) is 4.82. The summed E-state index contributed by atoms with van der Waals surface area (Å²) in [6.45, 7) is 0.748. The maximum Gasteiger partial charge on any atom is 0.308 e. The third kappa shape index (κ3) is 4.19. The molecule has 1 aliphatic rings. The van der Waals surface area contributed by atoms with Crippen molar-refractivity contribution in [2.45, 2.75) is 6.42 Å². The molecule has 0 bridgehead atoms. The molecule has 1 amide bonds.